The summed E-state index contributed by atoms with van der Waals surface area (Å²) in [4.78, 5) is 18.7. The number of amides is 1. The van der Waals surface area contributed by atoms with E-state index in [9.17, 15) is 14.3 Å². The molecule has 7 heteroatoms. The van der Waals surface area contributed by atoms with Crippen molar-refractivity contribution >= 4 is 17.2 Å². The Bertz CT molecular complexity index is 678. The van der Waals surface area contributed by atoms with Crippen molar-refractivity contribution in [2.75, 3.05) is 19.7 Å². The third-order valence-corrected chi connectivity index (χ3v) is 4.93. The van der Waals surface area contributed by atoms with Gasteiger partial charge in [0.2, 0.25) is 0 Å². The molecule has 1 N–H and O–H groups in total. The summed E-state index contributed by atoms with van der Waals surface area (Å²) in [7, 11) is 0. The summed E-state index contributed by atoms with van der Waals surface area (Å²) in [6.07, 6.45) is 3.27. The number of hydrogen-bond acceptors (Lipinski definition) is 5. The molecule has 2 heterocycles. The fraction of sp³-hybridized carbons (Fsp3) is 0.412. The van der Waals surface area contributed by atoms with Crippen molar-refractivity contribution in [3.63, 3.8) is 0 Å². The van der Waals surface area contributed by atoms with Gasteiger partial charge in [-0.2, -0.15) is 0 Å². The molecule has 1 unspecified atom stereocenters. The molecule has 24 heavy (non-hydrogen) atoms. The zero-order valence-electron chi connectivity index (χ0n) is 13.2. The minimum absolute atomic E-state index is 0.0406. The first-order valence-corrected chi connectivity index (χ1v) is 8.72. The van der Waals surface area contributed by atoms with Gasteiger partial charge in [0.15, 0.2) is 0 Å². The SMILES string of the molecule is O=C(c1cncs1)N1CCCC(O)(COc2ccc(F)cc2)CC1. The molecule has 1 atom stereocenters. The number of ether oxygens (including phenoxy) is 1. The Kier molecular flexibility index (Phi) is 5.11. The van der Waals surface area contributed by atoms with Crippen molar-refractivity contribution in [3.8, 4) is 5.75 Å². The Morgan fingerprint density at radius 1 is 1.33 bits per heavy atom. The van der Waals surface area contributed by atoms with Crippen LogP contribution in [0.3, 0.4) is 0 Å². The molecule has 0 radical (unpaired) electrons. The monoisotopic (exact) mass is 350 g/mol. The normalized spacial score (nSPS) is 21.3. The number of rotatable bonds is 4. The van der Waals surface area contributed by atoms with Crippen molar-refractivity contribution in [1.82, 2.24) is 9.88 Å². The summed E-state index contributed by atoms with van der Waals surface area (Å²) in [5.41, 5.74) is 0.648. The van der Waals surface area contributed by atoms with Crippen LogP contribution in [0.15, 0.2) is 36.0 Å². The highest BCUT2D eigenvalue weighted by atomic mass is 32.1. The first-order valence-electron chi connectivity index (χ1n) is 7.84. The molecular formula is C17H19FN2O3S. The molecule has 1 amide bonds. The number of thiazole rings is 1. The van der Waals surface area contributed by atoms with Crippen LogP contribution < -0.4 is 4.74 Å². The van der Waals surface area contributed by atoms with E-state index < -0.39 is 5.60 Å². The Morgan fingerprint density at radius 2 is 2.12 bits per heavy atom. The molecule has 5 nitrogen and oxygen atoms in total. The maximum atomic E-state index is 12.9. The van der Waals surface area contributed by atoms with Crippen LogP contribution in [0.5, 0.6) is 5.75 Å². The van der Waals surface area contributed by atoms with E-state index in [1.54, 1.807) is 16.6 Å². The van der Waals surface area contributed by atoms with Crippen LogP contribution >= 0.6 is 11.3 Å². The maximum absolute atomic E-state index is 12.9. The average molecular weight is 350 g/mol. The molecule has 1 aliphatic rings. The van der Waals surface area contributed by atoms with Crippen molar-refractivity contribution in [1.29, 1.82) is 0 Å². The third kappa shape index (κ3) is 4.10. The second-order valence-electron chi connectivity index (χ2n) is 5.98. The second kappa shape index (κ2) is 7.27. The van der Waals surface area contributed by atoms with Crippen molar-refractivity contribution in [3.05, 3.63) is 46.7 Å². The molecule has 1 aromatic heterocycles. The van der Waals surface area contributed by atoms with Crippen LogP contribution in [0.1, 0.15) is 28.9 Å². The fourth-order valence-electron chi connectivity index (χ4n) is 2.75. The molecule has 0 saturated carbocycles. The van der Waals surface area contributed by atoms with Gasteiger partial charge < -0.3 is 14.7 Å². The largest absolute Gasteiger partial charge is 0.491 e. The number of hydrogen-bond donors (Lipinski definition) is 1. The Balaban J connectivity index is 1.57. The quantitative estimate of drug-likeness (QED) is 0.921. The minimum Gasteiger partial charge on any atom is -0.491 e. The summed E-state index contributed by atoms with van der Waals surface area (Å²) >= 11 is 1.32. The van der Waals surface area contributed by atoms with Crippen molar-refractivity contribution in [2.45, 2.75) is 24.9 Å². The Labute approximate surface area is 143 Å². The topological polar surface area (TPSA) is 62.7 Å². The number of carbonyl (C=O) groups excluding carboxylic acids is 1. The minimum atomic E-state index is -0.989. The molecule has 1 saturated heterocycles. The van der Waals surface area contributed by atoms with Crippen molar-refractivity contribution in [2.24, 2.45) is 0 Å². The molecule has 0 spiro atoms. The van der Waals surface area contributed by atoms with Crippen LogP contribution in [0, 0.1) is 5.82 Å². The van der Waals surface area contributed by atoms with E-state index in [4.69, 9.17) is 4.74 Å². The number of halogens is 1. The predicted octanol–water partition coefficient (Wildman–Crippen LogP) is 2.72. The lowest BCUT2D eigenvalue weighted by atomic mass is 9.96. The van der Waals surface area contributed by atoms with Gasteiger partial charge in [-0.15, -0.1) is 11.3 Å². The molecule has 0 aliphatic carbocycles. The van der Waals surface area contributed by atoms with E-state index in [1.807, 2.05) is 0 Å². The van der Waals surface area contributed by atoms with E-state index in [0.29, 0.717) is 43.0 Å². The van der Waals surface area contributed by atoms with Gasteiger partial charge in [-0.1, -0.05) is 0 Å². The summed E-state index contributed by atoms with van der Waals surface area (Å²) in [6.45, 7) is 1.21. The van der Waals surface area contributed by atoms with Crippen LogP contribution in [0.25, 0.3) is 0 Å². The number of likely N-dealkylation sites (tertiary alicyclic amines) is 1. The van der Waals surface area contributed by atoms with Gasteiger partial charge in [-0.05, 0) is 43.5 Å². The second-order valence-corrected chi connectivity index (χ2v) is 6.86. The number of aromatic nitrogens is 1. The van der Waals surface area contributed by atoms with Gasteiger partial charge >= 0.3 is 0 Å². The predicted molar refractivity (Wildman–Crippen MR) is 88.7 cm³/mol. The molecule has 0 bridgehead atoms. The van der Waals surface area contributed by atoms with Gasteiger partial charge in [0, 0.05) is 13.1 Å². The first-order chi connectivity index (χ1) is 11.6. The molecule has 3 rings (SSSR count). The lowest BCUT2D eigenvalue weighted by molar-refractivity contribution is -0.0163. The molecule has 128 valence electrons. The molecule has 1 fully saturated rings. The van der Waals surface area contributed by atoms with Gasteiger partial charge in [-0.25, -0.2) is 4.39 Å². The maximum Gasteiger partial charge on any atom is 0.265 e. The van der Waals surface area contributed by atoms with Gasteiger partial charge in [0.1, 0.15) is 28.7 Å². The summed E-state index contributed by atoms with van der Waals surface area (Å²) in [5.74, 6) is 0.153. The highest BCUT2D eigenvalue weighted by molar-refractivity contribution is 7.11. The van der Waals surface area contributed by atoms with Crippen molar-refractivity contribution < 1.29 is 19.0 Å². The molecule has 1 aliphatic heterocycles. The standard InChI is InChI=1S/C17H19FN2O3S/c18-13-2-4-14(5-3-13)23-11-17(22)6-1-8-20(9-7-17)16(21)15-10-19-12-24-15/h2-5,10,12,22H,1,6-9,11H2. The van der Waals surface area contributed by atoms with E-state index in [2.05, 4.69) is 4.98 Å². The van der Waals surface area contributed by atoms with Crippen LogP contribution in [-0.2, 0) is 0 Å². The molecular weight excluding hydrogens is 331 g/mol. The summed E-state index contributed by atoms with van der Waals surface area (Å²) in [6, 6.07) is 5.72. The van der Waals surface area contributed by atoms with E-state index in [1.165, 1.54) is 35.6 Å². The fourth-order valence-corrected chi connectivity index (χ4v) is 3.34. The summed E-state index contributed by atoms with van der Waals surface area (Å²) < 4.78 is 18.5. The number of aliphatic hydroxyl groups is 1. The highest BCUT2D eigenvalue weighted by Gasteiger charge is 2.32. The van der Waals surface area contributed by atoms with Gasteiger partial charge in [-0.3, -0.25) is 9.78 Å². The lowest BCUT2D eigenvalue weighted by Gasteiger charge is -2.26. The Morgan fingerprint density at radius 3 is 2.83 bits per heavy atom. The first kappa shape index (κ1) is 16.9. The number of nitrogens with zero attached hydrogens (tertiary/aromatic N) is 2. The van der Waals surface area contributed by atoms with Crippen LogP contribution in [-0.4, -0.2) is 46.2 Å². The van der Waals surface area contributed by atoms with Crippen LogP contribution in [0.4, 0.5) is 4.39 Å². The number of carbonyl (C=O) groups is 1. The zero-order chi connectivity index (χ0) is 17.0. The summed E-state index contributed by atoms with van der Waals surface area (Å²) in [5, 5.41) is 10.8. The Hall–Kier alpha value is -1.99. The van der Waals surface area contributed by atoms with Crippen LogP contribution in [0.2, 0.25) is 0 Å². The number of benzene rings is 1. The van der Waals surface area contributed by atoms with Gasteiger partial charge in [0.05, 0.1) is 11.7 Å². The van der Waals surface area contributed by atoms with Gasteiger partial charge in [0.25, 0.3) is 5.91 Å². The van der Waals surface area contributed by atoms with E-state index in [0.717, 1.165) is 0 Å². The van der Waals surface area contributed by atoms with E-state index in [-0.39, 0.29) is 18.3 Å². The smallest absolute Gasteiger partial charge is 0.265 e. The lowest BCUT2D eigenvalue weighted by Crippen LogP contribution is -2.38. The highest BCUT2D eigenvalue weighted by Crippen LogP contribution is 2.25. The molecule has 1 aromatic carbocycles. The van der Waals surface area contributed by atoms with E-state index >= 15 is 0 Å². The average Bonchev–Trinajstić information content (AvgIpc) is 3.04. The molecule has 2 aromatic rings. The zero-order valence-corrected chi connectivity index (χ0v) is 14.0. The third-order valence-electron chi connectivity index (χ3n) is 4.17.